The van der Waals surface area contributed by atoms with E-state index < -0.39 is 5.97 Å². The van der Waals surface area contributed by atoms with Gasteiger partial charge in [-0.1, -0.05) is 18.2 Å². The third-order valence-corrected chi connectivity index (χ3v) is 4.87. The smallest absolute Gasteiger partial charge is 0.352 e. The van der Waals surface area contributed by atoms with Crippen LogP contribution in [0.2, 0.25) is 0 Å². The van der Waals surface area contributed by atoms with Crippen LogP contribution in [0, 0.1) is 0 Å². The lowest BCUT2D eigenvalue weighted by molar-refractivity contribution is 0.0692. The van der Waals surface area contributed by atoms with E-state index in [4.69, 9.17) is 0 Å². The van der Waals surface area contributed by atoms with E-state index in [1.54, 1.807) is 24.4 Å². The Bertz CT molecular complexity index is 1320. The molecule has 3 heterocycles. The van der Waals surface area contributed by atoms with Crippen molar-refractivity contribution in [3.63, 3.8) is 0 Å². The van der Waals surface area contributed by atoms with Crippen molar-refractivity contribution in [1.29, 1.82) is 0 Å². The number of carbonyl (C=O) groups is 1. The van der Waals surface area contributed by atoms with E-state index in [2.05, 4.69) is 15.0 Å². The molecule has 0 spiro atoms. The lowest BCUT2D eigenvalue weighted by atomic mass is 10.0. The van der Waals surface area contributed by atoms with E-state index in [1.165, 1.54) is 0 Å². The summed E-state index contributed by atoms with van der Waals surface area (Å²) in [6.45, 7) is 0. The molecule has 27 heavy (non-hydrogen) atoms. The number of aromatic carboxylic acids is 1. The molecule has 0 fully saturated rings. The summed E-state index contributed by atoms with van der Waals surface area (Å²) in [5, 5.41) is 21.3. The van der Waals surface area contributed by atoms with Crippen molar-refractivity contribution in [2.24, 2.45) is 0 Å². The maximum atomic E-state index is 11.9. The average Bonchev–Trinajstić information content (AvgIpc) is 3.36. The predicted molar refractivity (Wildman–Crippen MR) is 104 cm³/mol. The number of phenolic OH excluding ortho intramolecular Hbond substituents is 1. The minimum atomic E-state index is -1.02. The van der Waals surface area contributed by atoms with Crippen molar-refractivity contribution in [3.8, 4) is 28.1 Å². The summed E-state index contributed by atoms with van der Waals surface area (Å²) in [5.74, 6) is -0.866. The summed E-state index contributed by atoms with van der Waals surface area (Å²) in [6, 6.07) is 14.7. The summed E-state index contributed by atoms with van der Waals surface area (Å²) in [4.78, 5) is 21.2. The molecular formula is C21H15N3O3. The first-order chi connectivity index (χ1) is 13.1. The lowest BCUT2D eigenvalue weighted by Gasteiger charge is -1.98. The Labute approximate surface area is 153 Å². The number of aromatic amines is 3. The number of para-hydroxylation sites is 1. The van der Waals surface area contributed by atoms with Crippen LogP contribution in [0.1, 0.15) is 10.5 Å². The molecule has 0 saturated heterocycles. The number of fused-ring (bicyclic) bond motifs is 2. The van der Waals surface area contributed by atoms with Gasteiger partial charge in [0.15, 0.2) is 0 Å². The zero-order valence-corrected chi connectivity index (χ0v) is 14.1. The molecule has 0 radical (unpaired) electrons. The standard InChI is InChI=1S/C21H15N3O3/c25-11-5-6-18-13(7-11)16(10-23-18)19-8-14(20(24-19)21(26)27)15-9-22-17-4-2-1-3-12(15)17/h1-10,22-25H,(H,26,27). The van der Waals surface area contributed by atoms with E-state index in [1.807, 2.05) is 36.5 Å². The Morgan fingerprint density at radius 2 is 1.56 bits per heavy atom. The molecule has 0 aliphatic carbocycles. The molecule has 0 saturated carbocycles. The molecule has 0 aliphatic rings. The molecule has 132 valence electrons. The largest absolute Gasteiger partial charge is 0.508 e. The molecule has 0 bridgehead atoms. The van der Waals surface area contributed by atoms with Crippen LogP contribution in [-0.4, -0.2) is 31.1 Å². The molecule has 0 atom stereocenters. The minimum absolute atomic E-state index is 0.129. The topological polar surface area (TPSA) is 105 Å². The van der Waals surface area contributed by atoms with Crippen LogP contribution in [0.25, 0.3) is 44.2 Å². The summed E-state index contributed by atoms with van der Waals surface area (Å²) in [6.07, 6.45) is 3.63. The Morgan fingerprint density at radius 1 is 0.815 bits per heavy atom. The number of benzene rings is 2. The highest BCUT2D eigenvalue weighted by Crippen LogP contribution is 2.37. The second-order valence-electron chi connectivity index (χ2n) is 6.46. The maximum absolute atomic E-state index is 11.9. The van der Waals surface area contributed by atoms with Gasteiger partial charge in [-0.05, 0) is 30.3 Å². The van der Waals surface area contributed by atoms with Gasteiger partial charge in [-0.2, -0.15) is 0 Å². The number of carboxylic acids is 1. The summed E-state index contributed by atoms with van der Waals surface area (Å²) < 4.78 is 0. The van der Waals surface area contributed by atoms with E-state index >= 15 is 0 Å². The molecule has 6 nitrogen and oxygen atoms in total. The fourth-order valence-electron chi connectivity index (χ4n) is 3.61. The number of hydrogen-bond donors (Lipinski definition) is 5. The molecule has 3 aromatic heterocycles. The molecule has 5 aromatic rings. The highest BCUT2D eigenvalue weighted by Gasteiger charge is 2.20. The van der Waals surface area contributed by atoms with Crippen LogP contribution in [0.15, 0.2) is 60.9 Å². The Balaban J connectivity index is 1.75. The number of phenols is 1. The third-order valence-electron chi connectivity index (χ3n) is 4.87. The Hall–Kier alpha value is -3.93. The van der Waals surface area contributed by atoms with Crippen LogP contribution in [0.4, 0.5) is 0 Å². The number of rotatable bonds is 3. The van der Waals surface area contributed by atoms with Crippen LogP contribution < -0.4 is 0 Å². The van der Waals surface area contributed by atoms with Gasteiger partial charge >= 0.3 is 5.97 Å². The van der Waals surface area contributed by atoms with Crippen LogP contribution in [0.3, 0.4) is 0 Å². The first-order valence-corrected chi connectivity index (χ1v) is 8.45. The molecule has 0 unspecified atom stereocenters. The zero-order valence-electron chi connectivity index (χ0n) is 14.1. The second-order valence-corrected chi connectivity index (χ2v) is 6.46. The van der Waals surface area contributed by atoms with Crippen molar-refractivity contribution in [1.82, 2.24) is 15.0 Å². The molecule has 0 aliphatic heterocycles. The third kappa shape index (κ3) is 2.31. The minimum Gasteiger partial charge on any atom is -0.508 e. The first-order valence-electron chi connectivity index (χ1n) is 8.45. The van der Waals surface area contributed by atoms with Crippen molar-refractivity contribution < 1.29 is 15.0 Å². The van der Waals surface area contributed by atoms with E-state index in [9.17, 15) is 15.0 Å². The number of nitrogens with one attached hydrogen (secondary N) is 3. The fourth-order valence-corrected chi connectivity index (χ4v) is 3.61. The van der Waals surface area contributed by atoms with Gasteiger partial charge in [-0.25, -0.2) is 4.79 Å². The number of aromatic nitrogens is 3. The molecule has 2 aromatic carbocycles. The van der Waals surface area contributed by atoms with Crippen molar-refractivity contribution in [2.45, 2.75) is 0 Å². The first kappa shape index (κ1) is 15.3. The van der Waals surface area contributed by atoms with Gasteiger partial charge in [0.25, 0.3) is 0 Å². The van der Waals surface area contributed by atoms with Crippen LogP contribution in [0.5, 0.6) is 5.75 Å². The van der Waals surface area contributed by atoms with Gasteiger partial charge in [-0.15, -0.1) is 0 Å². The fraction of sp³-hybridized carbons (Fsp3) is 0. The molecule has 0 amide bonds. The average molecular weight is 357 g/mol. The predicted octanol–water partition coefficient (Wildman–Crippen LogP) is 4.72. The van der Waals surface area contributed by atoms with Gasteiger partial charge in [0, 0.05) is 56.6 Å². The van der Waals surface area contributed by atoms with Crippen molar-refractivity contribution >= 4 is 27.8 Å². The Kier molecular flexibility index (Phi) is 3.14. The maximum Gasteiger partial charge on any atom is 0.352 e. The van der Waals surface area contributed by atoms with E-state index in [-0.39, 0.29) is 11.4 Å². The van der Waals surface area contributed by atoms with E-state index in [0.717, 1.165) is 32.9 Å². The van der Waals surface area contributed by atoms with Gasteiger partial charge < -0.3 is 25.2 Å². The highest BCUT2D eigenvalue weighted by atomic mass is 16.4. The van der Waals surface area contributed by atoms with Crippen molar-refractivity contribution in [2.75, 3.05) is 0 Å². The lowest BCUT2D eigenvalue weighted by Crippen LogP contribution is -1.98. The second kappa shape index (κ2) is 5.54. The normalized spacial score (nSPS) is 11.4. The number of carboxylic acid groups (broad SMARTS) is 1. The van der Waals surface area contributed by atoms with Gasteiger partial charge in [0.1, 0.15) is 11.4 Å². The molecule has 5 rings (SSSR count). The van der Waals surface area contributed by atoms with Crippen molar-refractivity contribution in [3.05, 3.63) is 66.6 Å². The SMILES string of the molecule is O=C(O)c1[nH]c(-c2c[nH]c3ccc(O)cc23)cc1-c1c[nH]c2ccccc12. The summed E-state index contributed by atoms with van der Waals surface area (Å²) >= 11 is 0. The highest BCUT2D eigenvalue weighted by molar-refractivity contribution is 6.05. The number of H-pyrrole nitrogens is 3. The van der Waals surface area contributed by atoms with Crippen LogP contribution in [-0.2, 0) is 0 Å². The molecule has 5 N–H and O–H groups in total. The molecule has 6 heteroatoms. The summed E-state index contributed by atoms with van der Waals surface area (Å²) in [5.41, 5.74) is 4.85. The number of hydrogen-bond acceptors (Lipinski definition) is 2. The molecular weight excluding hydrogens is 342 g/mol. The quantitative estimate of drug-likeness (QED) is 0.323. The van der Waals surface area contributed by atoms with Gasteiger partial charge in [0.05, 0.1) is 0 Å². The number of aromatic hydroxyl groups is 1. The van der Waals surface area contributed by atoms with Crippen LogP contribution >= 0.6 is 0 Å². The zero-order chi connectivity index (χ0) is 18.5. The monoisotopic (exact) mass is 357 g/mol. The van der Waals surface area contributed by atoms with Gasteiger partial charge in [-0.3, -0.25) is 0 Å². The van der Waals surface area contributed by atoms with E-state index in [0.29, 0.717) is 11.3 Å². The summed E-state index contributed by atoms with van der Waals surface area (Å²) in [7, 11) is 0. The van der Waals surface area contributed by atoms with Gasteiger partial charge in [0.2, 0.25) is 0 Å². The Morgan fingerprint density at radius 3 is 2.37 bits per heavy atom.